The van der Waals surface area contributed by atoms with E-state index in [1.54, 1.807) is 0 Å². The van der Waals surface area contributed by atoms with E-state index in [2.05, 4.69) is 0 Å². The Kier molecular flexibility index (Phi) is 14.1. The van der Waals surface area contributed by atoms with Gasteiger partial charge in [-0.3, -0.25) is 6.10 Å². The average molecular weight is 302 g/mol. The van der Waals surface area contributed by atoms with Crippen molar-refractivity contribution in [2.45, 2.75) is 18.3 Å². The molecule has 0 amide bonds. The maximum atomic E-state index is 10.0. The van der Waals surface area contributed by atoms with E-state index in [4.69, 9.17) is 30.6 Å². The molecule has 0 aliphatic carbocycles. The second kappa shape index (κ2) is 10.5. The smallest absolute Gasteiger partial charge is 0.588 e. The molecule has 6 N–H and O–H groups in total. The number of hydrogen-bond donors (Lipinski definition) is 6. The third-order valence-electron chi connectivity index (χ3n) is 1.62. The van der Waals surface area contributed by atoms with Crippen LogP contribution in [0.2, 0.25) is 0 Å². The van der Waals surface area contributed by atoms with Crippen molar-refractivity contribution in [1.82, 2.24) is 0 Å². The molecule has 0 aromatic heterocycles. The molecule has 0 heterocycles. The van der Waals surface area contributed by atoms with Gasteiger partial charge in [0.2, 0.25) is 0 Å². The maximum absolute atomic E-state index is 10.0. The Morgan fingerprint density at radius 3 is 1.94 bits per heavy atom. The topological polar surface area (TPSA) is 162 Å². The minimum Gasteiger partial charge on any atom is -0.588 e. The Bertz CT molecular complexity index is 218. The first kappa shape index (κ1) is 22.8. The fourth-order valence-corrected chi connectivity index (χ4v) is 0.725. The van der Waals surface area contributed by atoms with Crippen LogP contribution in [-0.2, 0) is 21.9 Å². The second-order valence-electron chi connectivity index (χ2n) is 2.71. The van der Waals surface area contributed by atoms with Gasteiger partial charge in [-0.05, 0) is 6.10 Å². The summed E-state index contributed by atoms with van der Waals surface area (Å²) in [4.78, 5) is 10.0. The molecular weight excluding hydrogens is 291 g/mol. The molecule has 0 saturated carbocycles. The minimum absolute atomic E-state index is 0. The number of aliphatic carboxylic acids is 1. The summed E-state index contributed by atoms with van der Waals surface area (Å²) in [6, 6.07) is 0. The van der Waals surface area contributed by atoms with Crippen molar-refractivity contribution in [3.63, 3.8) is 0 Å². The zero-order chi connectivity index (χ0) is 12.2. The predicted molar refractivity (Wildman–Crippen MR) is 40.5 cm³/mol. The van der Waals surface area contributed by atoms with Gasteiger partial charge >= 0.3 is 46.6 Å². The largest absolute Gasteiger partial charge is 2.00 e. The number of rotatable bonds is 6. The molecule has 0 radical (unpaired) electrons. The molecule has 0 spiro atoms. The fraction of sp³-hybridized carbons (Fsp3) is 0.571. The maximum Gasteiger partial charge on any atom is 2.00 e. The number of carbonyl (C=O) groups is 1. The minimum atomic E-state index is -2.25. The van der Waals surface area contributed by atoms with Crippen LogP contribution in [0.3, 0.4) is 0 Å². The van der Waals surface area contributed by atoms with Crippen molar-refractivity contribution < 1.29 is 87.2 Å². The van der Waals surface area contributed by atoms with E-state index in [1.165, 1.54) is 0 Å². The molecule has 10 heteroatoms. The standard InChI is InChI=1S/C7H12O8.Fe.Na/c8-1-2(9)3(10)4(11)5(12)6(13)7(14)15;;/h2-4,8-13H,1H2,(H,14,15);;/q-2;+2;+1/p-1/t2-,3-,4+;;/m1../s1. The molecule has 8 nitrogen and oxygen atoms in total. The molecule has 17 heavy (non-hydrogen) atoms. The van der Waals surface area contributed by atoms with E-state index < -0.39 is 43.1 Å². The summed E-state index contributed by atoms with van der Waals surface area (Å²) in [6.07, 6.45) is -9.21. The zero-order valence-electron chi connectivity index (χ0n) is 8.79. The van der Waals surface area contributed by atoms with E-state index in [-0.39, 0.29) is 46.6 Å². The van der Waals surface area contributed by atoms with Crippen LogP contribution < -0.4 is 34.7 Å². The molecule has 0 fully saturated rings. The van der Waals surface area contributed by atoms with Gasteiger partial charge in [-0.25, -0.2) is 0 Å². The number of carboxylic acids is 1. The molecule has 0 unspecified atom stereocenters. The first-order chi connectivity index (χ1) is 6.82. The SMILES string of the molecule is O=C([O-])[C-](O)[C-](O)[C@@H](O)[C@H](O)[C@H](O)CO.[Fe+2].[Na+]. The van der Waals surface area contributed by atoms with Gasteiger partial charge < -0.3 is 46.6 Å². The third kappa shape index (κ3) is 6.94. The van der Waals surface area contributed by atoms with E-state index in [9.17, 15) is 9.90 Å². The van der Waals surface area contributed by atoms with Gasteiger partial charge in [-0.2, -0.15) is 0 Å². The first-order valence-corrected chi connectivity index (χ1v) is 3.81. The third-order valence-corrected chi connectivity index (χ3v) is 1.62. The first-order valence-electron chi connectivity index (χ1n) is 3.81. The summed E-state index contributed by atoms with van der Waals surface area (Å²) in [6.45, 7) is -0.919. The van der Waals surface area contributed by atoms with Crippen LogP contribution in [-0.4, -0.2) is 61.5 Å². The van der Waals surface area contributed by atoms with Crippen molar-refractivity contribution >= 4 is 5.97 Å². The number of carboxylic acid groups (broad SMARTS) is 1. The number of aliphatic hydroxyl groups is 6. The molecule has 0 aromatic carbocycles. The number of hydrogen-bond acceptors (Lipinski definition) is 8. The Morgan fingerprint density at radius 2 is 1.65 bits per heavy atom. The molecule has 0 rings (SSSR count). The van der Waals surface area contributed by atoms with E-state index >= 15 is 0 Å². The zero-order valence-corrected chi connectivity index (χ0v) is 11.9. The van der Waals surface area contributed by atoms with Crippen molar-refractivity contribution in [2.75, 3.05) is 6.61 Å². The monoisotopic (exact) mass is 302 g/mol. The Balaban J connectivity index is -0.000000980. The summed E-state index contributed by atoms with van der Waals surface area (Å²) in [7, 11) is 0. The molecular formula is C7H11FeNaO8. The van der Waals surface area contributed by atoms with Gasteiger partial charge in [-0.1, -0.05) is 5.97 Å². The molecule has 0 aromatic rings. The van der Waals surface area contributed by atoms with Gasteiger partial charge in [0.15, 0.2) is 0 Å². The van der Waals surface area contributed by atoms with Gasteiger partial charge in [-0.15, -0.1) is 0 Å². The summed E-state index contributed by atoms with van der Waals surface area (Å²) in [5, 5.41) is 62.8. The van der Waals surface area contributed by atoms with Crippen LogP contribution in [0.15, 0.2) is 0 Å². The van der Waals surface area contributed by atoms with Gasteiger partial charge in [0.05, 0.1) is 12.7 Å². The summed E-state index contributed by atoms with van der Waals surface area (Å²) in [5.41, 5.74) is 0. The quantitative estimate of drug-likeness (QED) is 0.208. The summed E-state index contributed by atoms with van der Waals surface area (Å²) in [5.74, 6) is -2.16. The van der Waals surface area contributed by atoms with Crippen molar-refractivity contribution in [3.8, 4) is 0 Å². The number of aliphatic hydroxyl groups excluding tert-OH is 6. The summed E-state index contributed by atoms with van der Waals surface area (Å²) >= 11 is 0. The van der Waals surface area contributed by atoms with Gasteiger partial charge in [0.25, 0.3) is 0 Å². The molecule has 0 aliphatic rings. The predicted octanol–water partition coefficient (Wildman–Crippen LogP) is -7.38. The van der Waals surface area contributed by atoms with Crippen LogP contribution >= 0.6 is 0 Å². The Hall–Kier alpha value is 0.619. The van der Waals surface area contributed by atoms with Gasteiger partial charge in [0, 0.05) is 0 Å². The fourth-order valence-electron chi connectivity index (χ4n) is 0.725. The van der Waals surface area contributed by atoms with Crippen LogP contribution in [0.4, 0.5) is 0 Å². The molecule has 0 aliphatic heterocycles. The van der Waals surface area contributed by atoms with Gasteiger partial charge in [0.1, 0.15) is 6.10 Å². The van der Waals surface area contributed by atoms with Crippen LogP contribution in [0, 0.1) is 12.2 Å². The molecule has 96 valence electrons. The summed E-state index contributed by atoms with van der Waals surface area (Å²) < 4.78 is 0. The van der Waals surface area contributed by atoms with Crippen molar-refractivity contribution in [2.24, 2.45) is 0 Å². The Morgan fingerprint density at radius 1 is 1.24 bits per heavy atom. The van der Waals surface area contributed by atoms with Crippen molar-refractivity contribution in [1.29, 1.82) is 0 Å². The Labute approximate surface area is 130 Å². The average Bonchev–Trinajstić information content (AvgIpc) is 2.23. The molecule has 0 saturated heterocycles. The molecule has 3 atom stereocenters. The van der Waals surface area contributed by atoms with Crippen LogP contribution in [0.5, 0.6) is 0 Å². The van der Waals surface area contributed by atoms with Crippen molar-refractivity contribution in [3.05, 3.63) is 12.2 Å². The van der Waals surface area contributed by atoms with Crippen LogP contribution in [0.1, 0.15) is 0 Å². The second-order valence-corrected chi connectivity index (χ2v) is 2.71. The van der Waals surface area contributed by atoms with Crippen LogP contribution in [0.25, 0.3) is 0 Å². The normalized spacial score (nSPS) is 15.2. The van der Waals surface area contributed by atoms with E-state index in [1.807, 2.05) is 0 Å². The van der Waals surface area contributed by atoms with E-state index in [0.717, 1.165) is 0 Å². The number of carbonyl (C=O) groups excluding carboxylic acids is 1. The van der Waals surface area contributed by atoms with E-state index in [0.29, 0.717) is 0 Å². The molecule has 0 bridgehead atoms.